The zero-order valence-electron chi connectivity index (χ0n) is 18.9. The van der Waals surface area contributed by atoms with E-state index in [-0.39, 0.29) is 11.8 Å². The Morgan fingerprint density at radius 2 is 2.24 bits per heavy atom. The Labute approximate surface area is 199 Å². The number of nitrogens with zero attached hydrogens (tertiary/aromatic N) is 6. The molecule has 9 nitrogen and oxygen atoms in total. The molecule has 1 aromatic carbocycles. The number of fused-ring (bicyclic) bond motifs is 4. The van der Waals surface area contributed by atoms with Gasteiger partial charge in [-0.15, -0.1) is 11.3 Å². The molecule has 1 atom stereocenters. The van der Waals surface area contributed by atoms with Crippen molar-refractivity contribution in [3.63, 3.8) is 0 Å². The van der Waals surface area contributed by atoms with Crippen LogP contribution in [0, 0.1) is 5.92 Å². The summed E-state index contributed by atoms with van der Waals surface area (Å²) < 4.78 is 1.76. The zero-order chi connectivity index (χ0) is 23.2. The first kappa shape index (κ1) is 20.8. The maximum absolute atomic E-state index is 13.2. The highest BCUT2D eigenvalue weighted by molar-refractivity contribution is 7.19. The maximum atomic E-state index is 13.2. The van der Waals surface area contributed by atoms with Gasteiger partial charge in [-0.3, -0.25) is 14.6 Å². The van der Waals surface area contributed by atoms with Crippen molar-refractivity contribution < 1.29 is 4.79 Å². The standard InChI is InChI=1S/C24H24N8OS/c1-31(12-17-7-8-32(2)30-17)24(33)14-3-5-18-20(10-14)34-23-21(18)22(25-13-26-23)28-16-4-6-19-15(9-16)11-27-29-19/h4,6-9,11,13-14H,3,5,10,12H2,1-2H3,(H,27,29)(H,25,26,28). The minimum Gasteiger partial charge on any atom is -0.340 e. The summed E-state index contributed by atoms with van der Waals surface area (Å²) in [6.45, 7) is 0.524. The molecule has 1 amide bonds. The predicted octanol–water partition coefficient (Wildman–Crippen LogP) is 3.81. The largest absolute Gasteiger partial charge is 0.340 e. The molecular formula is C24H24N8OS. The lowest BCUT2D eigenvalue weighted by molar-refractivity contribution is -0.135. The summed E-state index contributed by atoms with van der Waals surface area (Å²) in [5.41, 5.74) is 4.11. The van der Waals surface area contributed by atoms with Crippen LogP contribution in [-0.4, -0.2) is 47.8 Å². The van der Waals surface area contributed by atoms with Crippen LogP contribution in [0.2, 0.25) is 0 Å². The summed E-state index contributed by atoms with van der Waals surface area (Å²) >= 11 is 1.68. The number of H-pyrrole nitrogens is 1. The average Bonchev–Trinajstić information content (AvgIpc) is 3.56. The topological polar surface area (TPSA) is 105 Å². The van der Waals surface area contributed by atoms with E-state index in [0.29, 0.717) is 6.54 Å². The smallest absolute Gasteiger partial charge is 0.226 e. The van der Waals surface area contributed by atoms with E-state index in [9.17, 15) is 4.79 Å². The first-order valence-electron chi connectivity index (χ1n) is 11.2. The molecular weight excluding hydrogens is 448 g/mol. The molecule has 0 aliphatic heterocycles. The lowest BCUT2D eigenvalue weighted by Crippen LogP contribution is -2.35. The monoisotopic (exact) mass is 472 g/mol. The number of aromatic nitrogens is 6. The lowest BCUT2D eigenvalue weighted by Gasteiger charge is -2.26. The molecule has 0 radical (unpaired) electrons. The Bertz CT molecular complexity index is 1520. The Kier molecular flexibility index (Phi) is 5.02. The average molecular weight is 473 g/mol. The van der Waals surface area contributed by atoms with Gasteiger partial charge in [-0.1, -0.05) is 0 Å². The van der Waals surface area contributed by atoms with Crippen LogP contribution >= 0.6 is 11.3 Å². The molecule has 5 aromatic rings. The van der Waals surface area contributed by atoms with Gasteiger partial charge in [0.15, 0.2) is 0 Å². The Morgan fingerprint density at radius 1 is 1.32 bits per heavy atom. The number of hydrogen-bond acceptors (Lipinski definition) is 7. The van der Waals surface area contributed by atoms with E-state index in [0.717, 1.165) is 57.6 Å². The van der Waals surface area contributed by atoms with Crippen LogP contribution in [0.25, 0.3) is 21.1 Å². The molecule has 0 saturated heterocycles. The lowest BCUT2D eigenvalue weighted by atomic mass is 9.87. The fraction of sp³-hybridized carbons (Fsp3) is 0.292. The van der Waals surface area contributed by atoms with Gasteiger partial charge < -0.3 is 10.2 Å². The van der Waals surface area contributed by atoms with Crippen LogP contribution in [0.1, 0.15) is 22.6 Å². The number of hydrogen-bond donors (Lipinski definition) is 2. The Hall–Kier alpha value is -3.79. The van der Waals surface area contributed by atoms with Crippen molar-refractivity contribution in [3.8, 4) is 0 Å². The van der Waals surface area contributed by atoms with E-state index in [1.807, 2.05) is 44.7 Å². The molecule has 0 fully saturated rings. The van der Waals surface area contributed by atoms with Crippen LogP contribution in [0.15, 0.2) is 43.0 Å². The maximum Gasteiger partial charge on any atom is 0.226 e. The number of rotatable bonds is 5. The molecule has 4 aromatic heterocycles. The zero-order valence-corrected chi connectivity index (χ0v) is 19.8. The van der Waals surface area contributed by atoms with Gasteiger partial charge >= 0.3 is 0 Å². The van der Waals surface area contributed by atoms with Crippen LogP contribution in [0.5, 0.6) is 0 Å². The minimum atomic E-state index is -0.0258. The quantitative estimate of drug-likeness (QED) is 0.403. The molecule has 1 aliphatic carbocycles. The third kappa shape index (κ3) is 3.69. The Balaban J connectivity index is 1.24. The van der Waals surface area contributed by atoms with Crippen molar-refractivity contribution in [2.45, 2.75) is 25.8 Å². The van der Waals surface area contributed by atoms with Crippen molar-refractivity contribution in [2.75, 3.05) is 12.4 Å². The van der Waals surface area contributed by atoms with Gasteiger partial charge in [0.1, 0.15) is 17.0 Å². The number of amides is 1. The molecule has 0 saturated carbocycles. The molecule has 0 spiro atoms. The van der Waals surface area contributed by atoms with E-state index in [4.69, 9.17) is 0 Å². The van der Waals surface area contributed by atoms with E-state index < -0.39 is 0 Å². The molecule has 4 heterocycles. The van der Waals surface area contributed by atoms with Gasteiger partial charge in [0.2, 0.25) is 5.91 Å². The van der Waals surface area contributed by atoms with Gasteiger partial charge in [-0.25, -0.2) is 9.97 Å². The van der Waals surface area contributed by atoms with Gasteiger partial charge in [0.05, 0.1) is 29.3 Å². The number of thiophene rings is 1. The first-order chi connectivity index (χ1) is 16.5. The summed E-state index contributed by atoms with van der Waals surface area (Å²) in [7, 11) is 3.75. The number of nitrogens with one attached hydrogen (secondary N) is 2. The number of benzene rings is 1. The number of aryl methyl sites for hydroxylation is 2. The van der Waals surface area contributed by atoms with Crippen LogP contribution < -0.4 is 5.32 Å². The SMILES string of the molecule is CN(Cc1ccn(C)n1)C(=O)C1CCc2c(sc3ncnc(Nc4ccc5[nH]ncc5c4)c23)C1. The van der Waals surface area contributed by atoms with Crippen molar-refractivity contribution in [1.29, 1.82) is 0 Å². The van der Waals surface area contributed by atoms with Gasteiger partial charge in [0.25, 0.3) is 0 Å². The summed E-state index contributed by atoms with van der Waals surface area (Å²) in [6.07, 6.45) is 7.71. The molecule has 6 rings (SSSR count). The second-order valence-corrected chi connectivity index (χ2v) is 9.90. The van der Waals surface area contributed by atoms with Crippen molar-refractivity contribution in [2.24, 2.45) is 13.0 Å². The molecule has 34 heavy (non-hydrogen) atoms. The predicted molar refractivity (Wildman–Crippen MR) is 132 cm³/mol. The van der Waals surface area contributed by atoms with Gasteiger partial charge in [0, 0.05) is 42.2 Å². The second-order valence-electron chi connectivity index (χ2n) is 8.82. The molecule has 0 bridgehead atoms. The van der Waals surface area contributed by atoms with Crippen LogP contribution in [0.3, 0.4) is 0 Å². The third-order valence-corrected chi connectivity index (χ3v) is 7.60. The summed E-state index contributed by atoms with van der Waals surface area (Å²) in [5, 5.41) is 17.1. The van der Waals surface area contributed by atoms with E-state index in [1.54, 1.807) is 27.2 Å². The molecule has 172 valence electrons. The van der Waals surface area contributed by atoms with Crippen molar-refractivity contribution in [3.05, 3.63) is 59.1 Å². The first-order valence-corrected chi connectivity index (χ1v) is 12.1. The number of anilines is 2. The number of carbonyl (C=O) groups is 1. The highest BCUT2D eigenvalue weighted by Gasteiger charge is 2.31. The second kappa shape index (κ2) is 8.21. The molecule has 1 unspecified atom stereocenters. The third-order valence-electron chi connectivity index (χ3n) is 6.44. The fourth-order valence-electron chi connectivity index (χ4n) is 4.75. The van der Waals surface area contributed by atoms with Gasteiger partial charge in [-0.2, -0.15) is 10.2 Å². The molecule has 2 N–H and O–H groups in total. The van der Waals surface area contributed by atoms with E-state index in [2.05, 4.69) is 36.6 Å². The van der Waals surface area contributed by atoms with Crippen molar-refractivity contribution in [1.82, 2.24) is 34.8 Å². The van der Waals surface area contributed by atoms with Gasteiger partial charge in [-0.05, 0) is 49.1 Å². The van der Waals surface area contributed by atoms with Crippen LogP contribution in [0.4, 0.5) is 11.5 Å². The molecule has 10 heteroatoms. The fourth-order valence-corrected chi connectivity index (χ4v) is 6.02. The van der Waals surface area contributed by atoms with Crippen LogP contribution in [-0.2, 0) is 31.2 Å². The normalized spacial score (nSPS) is 15.5. The number of aromatic amines is 1. The Morgan fingerprint density at radius 3 is 3.09 bits per heavy atom. The molecule has 1 aliphatic rings. The highest BCUT2D eigenvalue weighted by atomic mass is 32.1. The minimum absolute atomic E-state index is 0.0258. The van der Waals surface area contributed by atoms with E-state index in [1.165, 1.54) is 10.4 Å². The summed E-state index contributed by atoms with van der Waals surface area (Å²) in [4.78, 5) is 26.3. The highest BCUT2D eigenvalue weighted by Crippen LogP contribution is 2.41. The summed E-state index contributed by atoms with van der Waals surface area (Å²) in [6, 6.07) is 8.02. The summed E-state index contributed by atoms with van der Waals surface area (Å²) in [5.74, 6) is 0.955. The van der Waals surface area contributed by atoms with E-state index >= 15 is 0 Å². The number of carbonyl (C=O) groups excluding carboxylic acids is 1. The van der Waals surface area contributed by atoms with Crippen molar-refractivity contribution >= 4 is 49.9 Å².